The Hall–Kier alpha value is -2.54. The lowest BCUT2D eigenvalue weighted by Gasteiger charge is -2.23. The minimum Gasteiger partial charge on any atom is -0.344 e. The molecule has 0 spiro atoms. The summed E-state index contributed by atoms with van der Waals surface area (Å²) in [5.41, 5.74) is 6.21. The highest BCUT2D eigenvalue weighted by Crippen LogP contribution is 2.34. The quantitative estimate of drug-likeness (QED) is 0.615. The van der Waals surface area contributed by atoms with Crippen LogP contribution in [-0.2, 0) is 0 Å². The number of benzene rings is 3. The highest BCUT2D eigenvalue weighted by molar-refractivity contribution is 5.82. The van der Waals surface area contributed by atoms with Crippen LogP contribution in [0.4, 0.5) is 11.4 Å². The minimum absolute atomic E-state index is 1.19. The number of para-hydroxylation sites is 1. The van der Waals surface area contributed by atoms with Crippen molar-refractivity contribution in [2.24, 2.45) is 0 Å². The average molecular weight is 273 g/mol. The second kappa shape index (κ2) is 5.84. The van der Waals surface area contributed by atoms with Crippen LogP contribution in [0.2, 0.25) is 0 Å². The average Bonchev–Trinajstić information content (AvgIpc) is 2.56. The van der Waals surface area contributed by atoms with Gasteiger partial charge < -0.3 is 4.90 Å². The van der Waals surface area contributed by atoms with Crippen molar-refractivity contribution in [3.63, 3.8) is 0 Å². The molecule has 0 saturated carbocycles. The molecule has 104 valence electrons. The number of nitrogens with zero attached hydrogens (tertiary/aromatic N) is 1. The van der Waals surface area contributed by atoms with Gasteiger partial charge in [-0.15, -0.1) is 0 Å². The molecule has 0 heterocycles. The van der Waals surface area contributed by atoms with E-state index in [1.165, 1.54) is 28.1 Å². The Morgan fingerprint density at radius 1 is 0.714 bits per heavy atom. The molecule has 21 heavy (non-hydrogen) atoms. The van der Waals surface area contributed by atoms with Crippen LogP contribution in [-0.4, -0.2) is 7.05 Å². The molecule has 0 aliphatic heterocycles. The number of hydrogen-bond acceptors (Lipinski definition) is 1. The third-order valence-corrected chi connectivity index (χ3v) is 3.74. The summed E-state index contributed by atoms with van der Waals surface area (Å²) in [4.78, 5) is 2.24. The molecule has 0 fully saturated rings. The highest BCUT2D eigenvalue weighted by atomic mass is 15.1. The lowest BCUT2D eigenvalue weighted by molar-refractivity contribution is 1.21. The van der Waals surface area contributed by atoms with Crippen molar-refractivity contribution >= 4 is 11.4 Å². The molecular weight excluding hydrogens is 254 g/mol. The third kappa shape index (κ3) is 2.82. The predicted octanol–water partition coefficient (Wildman–Crippen LogP) is 5.43. The molecule has 0 aliphatic rings. The van der Waals surface area contributed by atoms with E-state index in [1.54, 1.807) is 0 Å². The highest BCUT2D eigenvalue weighted by Gasteiger charge is 2.10. The van der Waals surface area contributed by atoms with Gasteiger partial charge in [-0.1, -0.05) is 60.2 Å². The smallest absolute Gasteiger partial charge is 0.0487 e. The van der Waals surface area contributed by atoms with Crippen molar-refractivity contribution in [1.82, 2.24) is 0 Å². The van der Waals surface area contributed by atoms with Crippen LogP contribution in [0, 0.1) is 6.92 Å². The Morgan fingerprint density at radius 2 is 1.33 bits per heavy atom. The molecule has 3 rings (SSSR count). The van der Waals surface area contributed by atoms with E-state index in [9.17, 15) is 0 Å². The molecule has 0 amide bonds. The van der Waals surface area contributed by atoms with Crippen molar-refractivity contribution in [3.8, 4) is 11.1 Å². The molecule has 0 unspecified atom stereocenters. The first-order valence-electron chi connectivity index (χ1n) is 7.20. The molecule has 1 heteroatoms. The molecule has 0 saturated heterocycles. The maximum absolute atomic E-state index is 2.25. The predicted molar refractivity (Wildman–Crippen MR) is 91.1 cm³/mol. The summed E-state index contributed by atoms with van der Waals surface area (Å²) in [5, 5.41) is 0. The second-order valence-electron chi connectivity index (χ2n) is 5.28. The Bertz CT molecular complexity index is 717. The number of rotatable bonds is 3. The Kier molecular flexibility index (Phi) is 3.74. The van der Waals surface area contributed by atoms with Gasteiger partial charge in [-0.2, -0.15) is 0 Å². The van der Waals surface area contributed by atoms with E-state index in [4.69, 9.17) is 0 Å². The maximum atomic E-state index is 2.25. The fourth-order valence-corrected chi connectivity index (χ4v) is 2.58. The molecular formula is C20H19N. The Morgan fingerprint density at radius 3 is 2.00 bits per heavy atom. The van der Waals surface area contributed by atoms with Crippen LogP contribution in [0.1, 0.15) is 5.56 Å². The molecule has 3 aromatic carbocycles. The van der Waals surface area contributed by atoms with Gasteiger partial charge in [0.2, 0.25) is 0 Å². The summed E-state index contributed by atoms with van der Waals surface area (Å²) in [6.07, 6.45) is 0. The molecule has 0 radical (unpaired) electrons. The van der Waals surface area contributed by atoms with Crippen LogP contribution in [0.15, 0.2) is 78.9 Å². The lowest BCUT2D eigenvalue weighted by Crippen LogP contribution is -2.10. The lowest BCUT2D eigenvalue weighted by atomic mass is 10.0. The largest absolute Gasteiger partial charge is 0.344 e. The van der Waals surface area contributed by atoms with Gasteiger partial charge in [-0.3, -0.25) is 0 Å². The van der Waals surface area contributed by atoms with Gasteiger partial charge in [-0.05, 0) is 36.8 Å². The normalized spacial score (nSPS) is 10.4. The molecule has 0 aromatic heterocycles. The summed E-state index contributed by atoms with van der Waals surface area (Å²) in [7, 11) is 2.12. The fraction of sp³-hybridized carbons (Fsp3) is 0.100. The van der Waals surface area contributed by atoms with Gasteiger partial charge in [-0.25, -0.2) is 0 Å². The maximum Gasteiger partial charge on any atom is 0.0487 e. The first-order valence-corrected chi connectivity index (χ1v) is 7.20. The van der Waals surface area contributed by atoms with Crippen molar-refractivity contribution in [3.05, 3.63) is 84.4 Å². The molecule has 0 N–H and O–H groups in total. The van der Waals surface area contributed by atoms with E-state index in [1.807, 2.05) is 6.07 Å². The van der Waals surface area contributed by atoms with E-state index >= 15 is 0 Å². The summed E-state index contributed by atoms with van der Waals surface area (Å²) in [5.74, 6) is 0. The number of hydrogen-bond donors (Lipinski definition) is 0. The van der Waals surface area contributed by atoms with Crippen molar-refractivity contribution in [2.75, 3.05) is 11.9 Å². The summed E-state index contributed by atoms with van der Waals surface area (Å²) < 4.78 is 0. The van der Waals surface area contributed by atoms with Crippen molar-refractivity contribution in [2.45, 2.75) is 6.92 Å². The fourth-order valence-electron chi connectivity index (χ4n) is 2.58. The van der Waals surface area contributed by atoms with Crippen LogP contribution in [0.5, 0.6) is 0 Å². The van der Waals surface area contributed by atoms with Crippen LogP contribution in [0.25, 0.3) is 11.1 Å². The zero-order chi connectivity index (χ0) is 14.7. The van der Waals surface area contributed by atoms with Gasteiger partial charge in [0.05, 0.1) is 0 Å². The zero-order valence-electron chi connectivity index (χ0n) is 12.5. The minimum atomic E-state index is 1.19. The summed E-state index contributed by atoms with van der Waals surface area (Å²) in [6, 6.07) is 27.6. The van der Waals surface area contributed by atoms with Gasteiger partial charge in [0.15, 0.2) is 0 Å². The van der Waals surface area contributed by atoms with Crippen LogP contribution < -0.4 is 4.90 Å². The molecule has 3 aromatic rings. The number of anilines is 2. The molecule has 0 aliphatic carbocycles. The summed E-state index contributed by atoms with van der Waals surface area (Å²) in [6.45, 7) is 2.14. The Labute approximate surface area is 126 Å². The van der Waals surface area contributed by atoms with Gasteiger partial charge in [0.1, 0.15) is 0 Å². The van der Waals surface area contributed by atoms with E-state index < -0.39 is 0 Å². The van der Waals surface area contributed by atoms with Crippen LogP contribution in [0.3, 0.4) is 0 Å². The van der Waals surface area contributed by atoms with Crippen molar-refractivity contribution < 1.29 is 0 Å². The van der Waals surface area contributed by atoms with E-state index in [0.29, 0.717) is 0 Å². The topological polar surface area (TPSA) is 3.24 Å². The molecule has 0 atom stereocenters. The van der Waals surface area contributed by atoms with Gasteiger partial charge in [0.25, 0.3) is 0 Å². The second-order valence-corrected chi connectivity index (χ2v) is 5.28. The SMILES string of the molecule is Cc1ccc(N(C)c2ccccc2)c(-c2ccccc2)c1. The molecule has 0 bridgehead atoms. The first kappa shape index (κ1) is 13.4. The van der Waals surface area contributed by atoms with Crippen LogP contribution >= 0.6 is 0 Å². The van der Waals surface area contributed by atoms with Gasteiger partial charge >= 0.3 is 0 Å². The zero-order valence-corrected chi connectivity index (χ0v) is 12.5. The monoisotopic (exact) mass is 273 g/mol. The Balaban J connectivity index is 2.11. The van der Waals surface area contributed by atoms with E-state index in [-0.39, 0.29) is 0 Å². The van der Waals surface area contributed by atoms with E-state index in [2.05, 4.69) is 91.7 Å². The van der Waals surface area contributed by atoms with Crippen molar-refractivity contribution in [1.29, 1.82) is 0 Å². The van der Waals surface area contributed by atoms with Gasteiger partial charge in [0, 0.05) is 24.0 Å². The third-order valence-electron chi connectivity index (χ3n) is 3.74. The summed E-state index contributed by atoms with van der Waals surface area (Å²) >= 11 is 0. The molecule has 1 nitrogen and oxygen atoms in total. The van der Waals surface area contributed by atoms with E-state index in [0.717, 1.165) is 0 Å². The number of aryl methyl sites for hydroxylation is 1. The first-order chi connectivity index (χ1) is 10.3. The standard InChI is InChI=1S/C20H19N/c1-16-13-14-20(21(2)18-11-7-4-8-12-18)19(15-16)17-9-5-3-6-10-17/h3-15H,1-2H3.